The van der Waals surface area contributed by atoms with Gasteiger partial charge in [-0.1, -0.05) is 12.1 Å². The summed E-state index contributed by atoms with van der Waals surface area (Å²) in [7, 11) is 1.36. The van der Waals surface area contributed by atoms with Crippen molar-refractivity contribution < 1.29 is 13.9 Å². The van der Waals surface area contributed by atoms with Crippen LogP contribution in [0.3, 0.4) is 0 Å². The van der Waals surface area contributed by atoms with E-state index in [2.05, 4.69) is 4.74 Å². The summed E-state index contributed by atoms with van der Waals surface area (Å²) in [5.41, 5.74) is 3.39. The van der Waals surface area contributed by atoms with Gasteiger partial charge < -0.3 is 9.15 Å². The average Bonchev–Trinajstić information content (AvgIpc) is 2.59. The Morgan fingerprint density at radius 3 is 2.79 bits per heavy atom. The number of rotatable bonds is 1. The molecule has 1 heterocycles. The molecule has 1 aliphatic heterocycles. The molecule has 0 atom stereocenters. The number of fused-ring (bicyclic) bond motifs is 1. The summed E-state index contributed by atoms with van der Waals surface area (Å²) < 4.78 is 9.74. The van der Waals surface area contributed by atoms with Crippen LogP contribution < -0.4 is 0 Å². The molecule has 72 valence electrons. The molecule has 0 fully saturated rings. The number of methoxy groups -OCH3 is 1. The Morgan fingerprint density at radius 1 is 1.29 bits per heavy atom. The van der Waals surface area contributed by atoms with Gasteiger partial charge in [-0.05, 0) is 12.5 Å². The number of carbonyl (C=O) groups excluding carboxylic acids is 1. The molecule has 14 heavy (non-hydrogen) atoms. The van der Waals surface area contributed by atoms with E-state index in [1.165, 1.54) is 13.4 Å². The molecule has 1 aliphatic carbocycles. The first-order valence-electron chi connectivity index (χ1n) is 4.28. The molecule has 0 bridgehead atoms. The van der Waals surface area contributed by atoms with Crippen molar-refractivity contribution >= 4 is 5.97 Å². The Bertz CT molecular complexity index is 442. The van der Waals surface area contributed by atoms with Crippen molar-refractivity contribution in [2.24, 2.45) is 0 Å². The van der Waals surface area contributed by atoms with Gasteiger partial charge in [0.1, 0.15) is 11.8 Å². The Kier molecular flexibility index (Phi) is 2.00. The van der Waals surface area contributed by atoms with E-state index in [1.807, 2.05) is 19.1 Å². The summed E-state index contributed by atoms with van der Waals surface area (Å²) in [6.07, 6.45) is 3.05. The van der Waals surface area contributed by atoms with Crippen LogP contribution >= 0.6 is 0 Å². The molecular weight excluding hydrogens is 180 g/mol. The van der Waals surface area contributed by atoms with Gasteiger partial charge >= 0.3 is 5.97 Å². The van der Waals surface area contributed by atoms with E-state index in [0.29, 0.717) is 5.56 Å². The van der Waals surface area contributed by atoms with Crippen LogP contribution in [0, 0.1) is 6.92 Å². The Morgan fingerprint density at radius 2 is 2.07 bits per heavy atom. The van der Waals surface area contributed by atoms with Gasteiger partial charge in [0, 0.05) is 11.1 Å². The van der Waals surface area contributed by atoms with Crippen molar-refractivity contribution in [1.29, 1.82) is 0 Å². The molecule has 0 amide bonds. The molecule has 3 heteroatoms. The highest BCUT2D eigenvalue weighted by Crippen LogP contribution is 2.30. The normalized spacial score (nSPS) is 10.4. The highest BCUT2D eigenvalue weighted by molar-refractivity contribution is 5.97. The van der Waals surface area contributed by atoms with E-state index in [0.717, 1.165) is 16.7 Å². The number of hydrogen-bond donors (Lipinski definition) is 0. The predicted octanol–water partition coefficient (Wildman–Crippen LogP) is 2.48. The summed E-state index contributed by atoms with van der Waals surface area (Å²) in [5.74, 6) is -0.370. The Labute approximate surface area is 81.6 Å². The van der Waals surface area contributed by atoms with Crippen molar-refractivity contribution in [2.75, 3.05) is 7.11 Å². The van der Waals surface area contributed by atoms with Gasteiger partial charge in [-0.15, -0.1) is 0 Å². The SMILES string of the molecule is COC(=O)c1cocc2c(C)ccc1-2. The third-order valence-corrected chi connectivity index (χ3v) is 2.28. The topological polar surface area (TPSA) is 39.4 Å². The van der Waals surface area contributed by atoms with Crippen molar-refractivity contribution in [3.8, 4) is 11.1 Å². The Balaban J connectivity index is 2.61. The van der Waals surface area contributed by atoms with Crippen LogP contribution in [-0.2, 0) is 4.74 Å². The van der Waals surface area contributed by atoms with Gasteiger partial charge in [0.15, 0.2) is 0 Å². The molecule has 0 N–H and O–H groups in total. The third-order valence-electron chi connectivity index (χ3n) is 2.28. The summed E-state index contributed by atoms with van der Waals surface area (Å²) in [6, 6.07) is 3.85. The quantitative estimate of drug-likeness (QED) is 0.648. The maximum Gasteiger partial charge on any atom is 0.341 e. The maximum absolute atomic E-state index is 11.4. The molecule has 0 unspecified atom stereocenters. The fourth-order valence-corrected chi connectivity index (χ4v) is 1.49. The second-order valence-corrected chi connectivity index (χ2v) is 3.12. The number of hydrogen-bond acceptors (Lipinski definition) is 3. The zero-order chi connectivity index (χ0) is 10.1. The summed E-state index contributed by atoms with van der Waals surface area (Å²) in [6.45, 7) is 1.97. The van der Waals surface area contributed by atoms with Gasteiger partial charge in [0.2, 0.25) is 0 Å². The van der Waals surface area contributed by atoms with Crippen molar-refractivity contribution in [3.05, 3.63) is 35.8 Å². The second-order valence-electron chi connectivity index (χ2n) is 3.12. The molecule has 0 saturated carbocycles. The highest BCUT2D eigenvalue weighted by Gasteiger charge is 2.17. The van der Waals surface area contributed by atoms with Crippen LogP contribution in [0.2, 0.25) is 0 Å². The third kappa shape index (κ3) is 1.18. The van der Waals surface area contributed by atoms with Gasteiger partial charge in [0.25, 0.3) is 0 Å². The fourth-order valence-electron chi connectivity index (χ4n) is 1.49. The van der Waals surface area contributed by atoms with E-state index >= 15 is 0 Å². The number of carbonyl (C=O) groups is 1. The first kappa shape index (κ1) is 8.81. The minimum absolute atomic E-state index is 0.370. The summed E-state index contributed by atoms with van der Waals surface area (Å²) >= 11 is 0. The van der Waals surface area contributed by atoms with Gasteiger partial charge in [0.05, 0.1) is 13.4 Å². The standard InChI is InChI=1S/C11H10O3/c1-7-3-4-8-9(7)5-14-6-10(8)11(12)13-2/h3-6H,1-2H3. The monoisotopic (exact) mass is 190 g/mol. The van der Waals surface area contributed by atoms with Crippen LogP contribution in [0.15, 0.2) is 29.1 Å². The van der Waals surface area contributed by atoms with Crippen LogP contribution in [0.25, 0.3) is 11.1 Å². The van der Waals surface area contributed by atoms with E-state index in [1.54, 1.807) is 6.26 Å². The number of aryl methyl sites for hydroxylation is 1. The van der Waals surface area contributed by atoms with E-state index in [4.69, 9.17) is 4.42 Å². The van der Waals surface area contributed by atoms with Crippen molar-refractivity contribution in [3.63, 3.8) is 0 Å². The lowest BCUT2D eigenvalue weighted by Gasteiger charge is -2.05. The molecule has 0 saturated heterocycles. The Hall–Kier alpha value is -1.77. The maximum atomic E-state index is 11.4. The zero-order valence-electron chi connectivity index (χ0n) is 8.03. The molecule has 0 spiro atoms. The van der Waals surface area contributed by atoms with E-state index < -0.39 is 0 Å². The molecule has 3 nitrogen and oxygen atoms in total. The largest absolute Gasteiger partial charge is 0.471 e. The van der Waals surface area contributed by atoms with Crippen molar-refractivity contribution in [2.45, 2.75) is 6.92 Å². The zero-order valence-corrected chi connectivity index (χ0v) is 8.03. The first-order chi connectivity index (χ1) is 6.74. The first-order valence-corrected chi connectivity index (χ1v) is 4.28. The minimum Gasteiger partial charge on any atom is -0.471 e. The highest BCUT2D eigenvalue weighted by atomic mass is 16.5. The molecule has 0 radical (unpaired) electrons. The smallest absolute Gasteiger partial charge is 0.341 e. The minimum atomic E-state index is -0.370. The lowest BCUT2D eigenvalue weighted by atomic mass is 10.1. The summed E-state index contributed by atoms with van der Waals surface area (Å²) in [4.78, 5) is 11.4. The number of ether oxygens (including phenoxy) is 1. The van der Waals surface area contributed by atoms with E-state index in [-0.39, 0.29) is 5.97 Å². The predicted molar refractivity (Wildman–Crippen MR) is 51.4 cm³/mol. The van der Waals surface area contributed by atoms with Crippen LogP contribution in [0.1, 0.15) is 15.9 Å². The molecule has 0 aromatic heterocycles. The summed E-state index contributed by atoms with van der Waals surface area (Å²) in [5, 5.41) is 0. The van der Waals surface area contributed by atoms with Crippen LogP contribution in [0.4, 0.5) is 0 Å². The average molecular weight is 190 g/mol. The van der Waals surface area contributed by atoms with Gasteiger partial charge in [-0.25, -0.2) is 4.79 Å². The lowest BCUT2D eigenvalue weighted by molar-refractivity contribution is 0.0599. The lowest BCUT2D eigenvalue weighted by Crippen LogP contribution is -2.02. The number of esters is 1. The van der Waals surface area contributed by atoms with Gasteiger partial charge in [-0.3, -0.25) is 0 Å². The molecule has 0 aromatic rings. The molecule has 0 aromatic carbocycles. The van der Waals surface area contributed by atoms with Crippen molar-refractivity contribution in [1.82, 2.24) is 0 Å². The van der Waals surface area contributed by atoms with Gasteiger partial charge in [-0.2, -0.15) is 0 Å². The van der Waals surface area contributed by atoms with Crippen LogP contribution in [0.5, 0.6) is 0 Å². The molecule has 2 rings (SSSR count). The molecular formula is C11H10O3. The van der Waals surface area contributed by atoms with E-state index in [9.17, 15) is 4.79 Å². The second kappa shape index (κ2) is 3.18. The van der Waals surface area contributed by atoms with Crippen LogP contribution in [-0.4, -0.2) is 13.1 Å². The molecule has 2 aliphatic rings. The fraction of sp³-hybridized carbons (Fsp3) is 0.182.